The number of hydrogen-bond acceptors (Lipinski definition) is 5. The van der Waals surface area contributed by atoms with Gasteiger partial charge in [0, 0.05) is 29.3 Å². The van der Waals surface area contributed by atoms with Crippen LogP contribution < -0.4 is 10.9 Å². The van der Waals surface area contributed by atoms with Crippen molar-refractivity contribution in [2.24, 2.45) is 5.92 Å². The van der Waals surface area contributed by atoms with Crippen LogP contribution in [0.2, 0.25) is 18.6 Å². The van der Waals surface area contributed by atoms with E-state index in [0.29, 0.717) is 28.7 Å². The molecule has 8 nitrogen and oxygen atoms in total. The van der Waals surface area contributed by atoms with E-state index in [4.69, 9.17) is 4.74 Å². The smallest absolute Gasteiger partial charge is 0.279 e. The van der Waals surface area contributed by atoms with Gasteiger partial charge in [0.15, 0.2) is 13.9 Å². The molecule has 1 amide bonds. The van der Waals surface area contributed by atoms with Crippen molar-refractivity contribution < 1.29 is 19.4 Å². The Morgan fingerprint density at radius 3 is 2.62 bits per heavy atom. The molecule has 1 aromatic heterocycles. The number of para-hydroxylation sites is 1. The van der Waals surface area contributed by atoms with Gasteiger partial charge in [-0.05, 0) is 49.8 Å². The Hall–Kier alpha value is -2.72. The first-order valence-electron chi connectivity index (χ1n) is 10.9. The maximum atomic E-state index is 13.3. The third-order valence-corrected chi connectivity index (χ3v) is 9.49. The number of anilines is 1. The van der Waals surface area contributed by atoms with Gasteiger partial charge in [-0.15, -0.1) is 0 Å². The van der Waals surface area contributed by atoms with E-state index in [0.717, 1.165) is 5.52 Å². The molecule has 4 atom stereocenters. The summed E-state index contributed by atoms with van der Waals surface area (Å²) in [4.78, 5) is 37.3. The first-order valence-corrected chi connectivity index (χ1v) is 13.9. The molecule has 9 heteroatoms. The van der Waals surface area contributed by atoms with Crippen LogP contribution in [-0.2, 0) is 15.1 Å². The minimum Gasteiger partial charge on any atom is -0.432 e. The summed E-state index contributed by atoms with van der Waals surface area (Å²) in [5.74, 6) is -0.577. The van der Waals surface area contributed by atoms with E-state index in [9.17, 15) is 19.5 Å². The van der Waals surface area contributed by atoms with E-state index in [2.05, 4.69) is 10.4 Å². The lowest BCUT2D eigenvalue weighted by Crippen LogP contribution is -2.43. The second-order valence-electron chi connectivity index (χ2n) is 9.35. The van der Waals surface area contributed by atoms with Crippen molar-refractivity contribution in [2.45, 2.75) is 43.7 Å². The quantitative estimate of drug-likeness (QED) is 0.453. The number of hydrogen-bond donors (Lipinski definition) is 4. The van der Waals surface area contributed by atoms with Crippen LogP contribution in [0.15, 0.2) is 47.3 Å². The van der Waals surface area contributed by atoms with Crippen molar-refractivity contribution in [3.8, 4) is 5.69 Å². The van der Waals surface area contributed by atoms with Crippen LogP contribution in [0.25, 0.3) is 16.6 Å². The Bertz CT molecular complexity index is 1280. The van der Waals surface area contributed by atoms with E-state index < -0.39 is 20.0 Å². The SMILES string of the molecule is C[C@@H]1[C@@H]([Si](C)(C)O)[C@H](CCO)O[C@@]12C(=O)Nc1ccc(-n3[nH]c4ccccc4c3=O)cc12. The highest BCUT2D eigenvalue weighted by atomic mass is 28.4. The van der Waals surface area contributed by atoms with Crippen LogP contribution in [-0.4, -0.2) is 46.6 Å². The van der Waals surface area contributed by atoms with Crippen LogP contribution in [0, 0.1) is 5.92 Å². The molecular weight excluding hydrogens is 426 g/mol. The highest BCUT2D eigenvalue weighted by Gasteiger charge is 2.64. The number of aliphatic hydroxyl groups excluding tert-OH is 1. The van der Waals surface area contributed by atoms with E-state index in [-0.39, 0.29) is 29.5 Å². The molecule has 3 aromatic rings. The van der Waals surface area contributed by atoms with Gasteiger partial charge < -0.3 is 20.0 Å². The van der Waals surface area contributed by atoms with Crippen molar-refractivity contribution in [3.05, 3.63) is 58.4 Å². The fourth-order valence-corrected chi connectivity index (χ4v) is 8.26. The topological polar surface area (TPSA) is 117 Å². The van der Waals surface area contributed by atoms with Gasteiger partial charge in [-0.2, -0.15) is 0 Å². The van der Waals surface area contributed by atoms with Gasteiger partial charge in [0.2, 0.25) is 0 Å². The predicted molar refractivity (Wildman–Crippen MR) is 123 cm³/mol. The summed E-state index contributed by atoms with van der Waals surface area (Å²) in [6.07, 6.45) is -0.0878. The number of carbonyl (C=O) groups is 1. The number of carbonyl (C=O) groups excluding carboxylic acids is 1. The third-order valence-electron chi connectivity index (χ3n) is 6.99. The average Bonchev–Trinajstić information content (AvgIpc) is 3.33. The molecule has 2 aliphatic rings. The molecular formula is C23H27N3O5Si. The Balaban J connectivity index is 1.66. The van der Waals surface area contributed by atoms with E-state index in [1.54, 1.807) is 18.2 Å². The standard InChI is InChI=1S/C23H27N3O5Si/c1-13-20(32(2,3)30)19(10-11-27)31-23(13)16-12-14(8-9-18(16)24-22(23)29)26-21(28)15-6-4-5-7-17(15)25-26/h4-9,12-13,19-20,25,27,30H,10-11H2,1-3H3,(H,24,29)/t13-,19+,20-,23+/m1/s1. The highest BCUT2D eigenvalue weighted by Crippen LogP contribution is 2.58. The summed E-state index contributed by atoms with van der Waals surface area (Å²) in [5, 5.41) is 16.2. The first-order chi connectivity index (χ1) is 15.2. The van der Waals surface area contributed by atoms with Crippen LogP contribution in [0.1, 0.15) is 18.9 Å². The number of rotatable bonds is 4. The maximum Gasteiger partial charge on any atom is 0.279 e. The molecule has 1 saturated heterocycles. The van der Waals surface area contributed by atoms with Gasteiger partial charge >= 0.3 is 0 Å². The molecule has 0 bridgehead atoms. The molecule has 4 N–H and O–H groups in total. The molecule has 32 heavy (non-hydrogen) atoms. The van der Waals surface area contributed by atoms with E-state index in [1.807, 2.05) is 44.3 Å². The zero-order valence-electron chi connectivity index (χ0n) is 18.3. The number of aliphatic hydroxyl groups is 1. The molecule has 1 fully saturated rings. The summed E-state index contributed by atoms with van der Waals surface area (Å²) >= 11 is 0. The number of nitrogens with one attached hydrogen (secondary N) is 2. The molecule has 2 aliphatic heterocycles. The van der Waals surface area contributed by atoms with Gasteiger partial charge in [-0.3, -0.25) is 14.7 Å². The number of fused-ring (bicyclic) bond motifs is 3. The van der Waals surface area contributed by atoms with Gasteiger partial charge in [-0.1, -0.05) is 19.1 Å². The van der Waals surface area contributed by atoms with Gasteiger partial charge in [0.25, 0.3) is 11.5 Å². The van der Waals surface area contributed by atoms with Crippen LogP contribution in [0.5, 0.6) is 0 Å². The molecule has 0 aliphatic carbocycles. The lowest BCUT2D eigenvalue weighted by Gasteiger charge is -2.32. The summed E-state index contributed by atoms with van der Waals surface area (Å²) in [5.41, 5.74) is 0.927. The van der Waals surface area contributed by atoms with Crippen molar-refractivity contribution in [2.75, 3.05) is 11.9 Å². The van der Waals surface area contributed by atoms with E-state index >= 15 is 0 Å². The molecule has 3 heterocycles. The molecule has 0 saturated carbocycles. The molecule has 5 rings (SSSR count). The van der Waals surface area contributed by atoms with Crippen molar-refractivity contribution in [3.63, 3.8) is 0 Å². The number of benzene rings is 2. The van der Waals surface area contributed by atoms with Crippen LogP contribution >= 0.6 is 0 Å². The number of H-pyrrole nitrogens is 1. The number of aromatic amines is 1. The fourth-order valence-electron chi connectivity index (χ4n) is 5.66. The summed E-state index contributed by atoms with van der Waals surface area (Å²) in [6, 6.07) is 12.7. The normalized spacial score (nSPS) is 27.3. The van der Waals surface area contributed by atoms with E-state index in [1.165, 1.54) is 4.68 Å². The minimum absolute atomic E-state index is 0.0899. The van der Waals surface area contributed by atoms with Gasteiger partial charge in [0.1, 0.15) is 0 Å². The van der Waals surface area contributed by atoms with Crippen molar-refractivity contribution >= 4 is 30.8 Å². The monoisotopic (exact) mass is 453 g/mol. The average molecular weight is 454 g/mol. The lowest BCUT2D eigenvalue weighted by molar-refractivity contribution is -0.143. The summed E-state index contributed by atoms with van der Waals surface area (Å²) < 4.78 is 7.89. The molecule has 2 aromatic carbocycles. The second-order valence-corrected chi connectivity index (χ2v) is 13.3. The van der Waals surface area contributed by atoms with Crippen molar-refractivity contribution in [1.82, 2.24) is 9.78 Å². The Labute approximate surface area is 185 Å². The summed E-state index contributed by atoms with van der Waals surface area (Å²) in [7, 11) is -2.72. The summed E-state index contributed by atoms with van der Waals surface area (Å²) in [6.45, 7) is 5.53. The van der Waals surface area contributed by atoms with Crippen molar-refractivity contribution in [1.29, 1.82) is 0 Å². The van der Waals surface area contributed by atoms with Gasteiger partial charge in [-0.25, -0.2) is 4.68 Å². The number of aromatic nitrogens is 2. The third kappa shape index (κ3) is 2.85. The number of ether oxygens (including phenoxy) is 1. The minimum atomic E-state index is -2.72. The highest BCUT2D eigenvalue weighted by molar-refractivity contribution is 6.71. The lowest BCUT2D eigenvalue weighted by atomic mass is 9.82. The molecule has 0 radical (unpaired) electrons. The predicted octanol–water partition coefficient (Wildman–Crippen LogP) is 2.45. The molecule has 0 unspecified atom stereocenters. The van der Waals surface area contributed by atoms with Crippen LogP contribution in [0.4, 0.5) is 5.69 Å². The molecule has 1 spiro atoms. The van der Waals surface area contributed by atoms with Crippen LogP contribution in [0.3, 0.4) is 0 Å². The molecule has 168 valence electrons. The number of amides is 1. The van der Waals surface area contributed by atoms with Gasteiger partial charge in [0.05, 0.1) is 22.7 Å². The Kier molecular flexibility index (Phi) is 4.72. The largest absolute Gasteiger partial charge is 0.432 e. The second kappa shape index (κ2) is 7.14. The number of nitrogens with zero attached hydrogens (tertiary/aromatic N) is 1. The fraction of sp³-hybridized carbons (Fsp3) is 0.391. The first kappa shape index (κ1) is 21.1. The maximum absolute atomic E-state index is 13.3. The Morgan fingerprint density at radius 1 is 1.19 bits per heavy atom. The Morgan fingerprint density at radius 2 is 1.94 bits per heavy atom. The zero-order valence-corrected chi connectivity index (χ0v) is 19.3. The zero-order chi connectivity index (χ0) is 22.8.